The van der Waals surface area contributed by atoms with Crippen LogP contribution in [0, 0.1) is 0 Å². The standard InChI is InChI=1S/C10H12O3S/c1-13-9-5-3-8(4-6-9)10(11)7-14(2)12/h3-6H,7H2,1-2H3. The zero-order valence-corrected chi connectivity index (χ0v) is 8.97. The van der Waals surface area contributed by atoms with E-state index < -0.39 is 11.2 Å². The van der Waals surface area contributed by atoms with Gasteiger partial charge in [-0.25, -0.2) is 0 Å². The molecule has 0 saturated heterocycles. The third kappa shape index (κ3) is 3.05. The molecular weight excluding hydrogens is 200 g/mol. The first kappa shape index (κ1) is 11.1. The summed E-state index contributed by atoms with van der Waals surface area (Å²) in [5.41, 5.74) is 0.570. The van der Waals surface area contributed by atoms with Crippen LogP contribution in [0.3, 0.4) is 0 Å². The van der Waals surface area contributed by atoms with E-state index in [1.54, 1.807) is 31.4 Å². The third-order valence-electron chi connectivity index (χ3n) is 1.75. The molecule has 0 N–H and O–H groups in total. The van der Waals surface area contributed by atoms with Crippen LogP contribution in [0.5, 0.6) is 5.75 Å². The molecule has 0 saturated carbocycles. The molecule has 1 unspecified atom stereocenters. The van der Waals surface area contributed by atoms with Crippen molar-refractivity contribution in [3.8, 4) is 5.75 Å². The molecule has 3 nitrogen and oxygen atoms in total. The van der Waals surface area contributed by atoms with E-state index in [0.717, 1.165) is 0 Å². The van der Waals surface area contributed by atoms with E-state index in [4.69, 9.17) is 4.74 Å². The number of ketones is 1. The zero-order valence-electron chi connectivity index (χ0n) is 8.15. The van der Waals surface area contributed by atoms with Crippen LogP contribution in [0.1, 0.15) is 10.4 Å². The second kappa shape index (κ2) is 5.02. The van der Waals surface area contributed by atoms with Crippen LogP contribution in [0.25, 0.3) is 0 Å². The molecular formula is C10H12O3S. The van der Waals surface area contributed by atoms with Gasteiger partial charge in [-0.15, -0.1) is 0 Å². The van der Waals surface area contributed by atoms with E-state index in [1.807, 2.05) is 0 Å². The maximum absolute atomic E-state index is 11.4. The van der Waals surface area contributed by atoms with Gasteiger partial charge >= 0.3 is 0 Å². The van der Waals surface area contributed by atoms with Crippen molar-refractivity contribution >= 4 is 17.0 Å². The molecule has 0 aromatic heterocycles. The number of hydrogen-bond donors (Lipinski definition) is 0. The first-order chi connectivity index (χ1) is 6.63. The molecule has 1 aromatic carbocycles. The van der Waals surface area contributed by atoms with Crippen LogP contribution in [0.2, 0.25) is 0 Å². The summed E-state index contributed by atoms with van der Waals surface area (Å²) in [4.78, 5) is 11.4. The van der Waals surface area contributed by atoms with Crippen molar-refractivity contribution in [2.24, 2.45) is 0 Å². The van der Waals surface area contributed by atoms with E-state index in [1.165, 1.54) is 6.26 Å². The first-order valence-corrected chi connectivity index (χ1v) is 5.83. The number of carbonyl (C=O) groups excluding carboxylic acids is 1. The van der Waals surface area contributed by atoms with Crippen molar-refractivity contribution in [2.45, 2.75) is 0 Å². The Bertz CT molecular complexity index is 306. The van der Waals surface area contributed by atoms with Crippen LogP contribution in [0.4, 0.5) is 0 Å². The molecule has 1 aromatic rings. The number of ether oxygens (including phenoxy) is 1. The SMILES string of the molecule is COc1ccc(C(=O)C[S+](C)[O-])cc1. The summed E-state index contributed by atoms with van der Waals surface area (Å²) in [6.45, 7) is 0. The molecule has 14 heavy (non-hydrogen) atoms. The second-order valence-electron chi connectivity index (χ2n) is 2.87. The maximum atomic E-state index is 11.4. The lowest BCUT2D eigenvalue weighted by atomic mass is 10.1. The van der Waals surface area contributed by atoms with Gasteiger partial charge in [0.1, 0.15) is 5.75 Å². The third-order valence-corrected chi connectivity index (χ3v) is 2.42. The molecule has 1 rings (SSSR count). The monoisotopic (exact) mass is 212 g/mol. The molecule has 0 aliphatic carbocycles. The minimum atomic E-state index is -1.08. The molecule has 0 heterocycles. The zero-order chi connectivity index (χ0) is 10.6. The first-order valence-electron chi connectivity index (χ1n) is 4.11. The number of Topliss-reactive ketones (excluding diaryl/α,β-unsaturated/α-hetero) is 1. The topological polar surface area (TPSA) is 49.4 Å². The minimum Gasteiger partial charge on any atom is -0.616 e. The van der Waals surface area contributed by atoms with Crippen molar-refractivity contribution in [1.82, 2.24) is 0 Å². The Morgan fingerprint density at radius 3 is 2.43 bits per heavy atom. The van der Waals surface area contributed by atoms with Gasteiger partial charge in [0.25, 0.3) is 0 Å². The summed E-state index contributed by atoms with van der Waals surface area (Å²) in [5.74, 6) is 0.680. The van der Waals surface area contributed by atoms with Gasteiger partial charge in [0.05, 0.1) is 13.4 Å². The summed E-state index contributed by atoms with van der Waals surface area (Å²) in [6.07, 6.45) is 1.52. The number of rotatable bonds is 4. The van der Waals surface area contributed by atoms with Crippen molar-refractivity contribution in [3.05, 3.63) is 29.8 Å². The van der Waals surface area contributed by atoms with Crippen LogP contribution < -0.4 is 4.74 Å². The fourth-order valence-corrected chi connectivity index (χ4v) is 1.58. The molecule has 0 aliphatic rings. The highest BCUT2D eigenvalue weighted by Crippen LogP contribution is 2.12. The van der Waals surface area contributed by atoms with E-state index in [2.05, 4.69) is 0 Å². The van der Waals surface area contributed by atoms with Gasteiger partial charge in [-0.3, -0.25) is 4.79 Å². The summed E-state index contributed by atoms with van der Waals surface area (Å²) in [6, 6.07) is 6.78. The van der Waals surface area contributed by atoms with Gasteiger partial charge in [-0.1, -0.05) is 0 Å². The number of methoxy groups -OCH3 is 1. The number of benzene rings is 1. The molecule has 0 aliphatic heterocycles. The fourth-order valence-electron chi connectivity index (χ4n) is 1.04. The van der Waals surface area contributed by atoms with Gasteiger partial charge < -0.3 is 9.29 Å². The van der Waals surface area contributed by atoms with Gasteiger partial charge in [0, 0.05) is 5.56 Å². The Kier molecular flexibility index (Phi) is 3.98. The highest BCUT2D eigenvalue weighted by Gasteiger charge is 2.10. The van der Waals surface area contributed by atoms with E-state index in [9.17, 15) is 9.35 Å². The van der Waals surface area contributed by atoms with Crippen molar-refractivity contribution in [2.75, 3.05) is 19.1 Å². The second-order valence-corrected chi connectivity index (χ2v) is 4.30. The normalized spacial score (nSPS) is 12.2. The lowest BCUT2D eigenvalue weighted by molar-refractivity contribution is 0.102. The maximum Gasteiger partial charge on any atom is 0.211 e. The predicted molar refractivity (Wildman–Crippen MR) is 56.3 cm³/mol. The van der Waals surface area contributed by atoms with Crippen molar-refractivity contribution in [1.29, 1.82) is 0 Å². The Hall–Kier alpha value is -1.00. The van der Waals surface area contributed by atoms with Crippen molar-refractivity contribution < 1.29 is 14.1 Å². The van der Waals surface area contributed by atoms with Gasteiger partial charge in [-0.2, -0.15) is 0 Å². The van der Waals surface area contributed by atoms with E-state index >= 15 is 0 Å². The lowest BCUT2D eigenvalue weighted by Gasteiger charge is -2.04. The van der Waals surface area contributed by atoms with Crippen LogP contribution >= 0.6 is 0 Å². The van der Waals surface area contributed by atoms with Crippen molar-refractivity contribution in [3.63, 3.8) is 0 Å². The fraction of sp³-hybridized carbons (Fsp3) is 0.300. The molecule has 0 amide bonds. The molecule has 0 spiro atoms. The molecule has 1 atom stereocenters. The summed E-state index contributed by atoms with van der Waals surface area (Å²) >= 11 is -1.08. The lowest BCUT2D eigenvalue weighted by Crippen LogP contribution is -2.14. The van der Waals surface area contributed by atoms with Gasteiger partial charge in [0.2, 0.25) is 5.78 Å². The summed E-state index contributed by atoms with van der Waals surface area (Å²) in [5, 5.41) is 0. The predicted octanol–water partition coefficient (Wildman–Crippen LogP) is 1.26. The molecule has 0 fully saturated rings. The summed E-state index contributed by atoms with van der Waals surface area (Å²) in [7, 11) is 1.57. The average molecular weight is 212 g/mol. The molecule has 4 heteroatoms. The molecule has 0 bridgehead atoms. The van der Waals surface area contributed by atoms with Crippen LogP contribution in [-0.4, -0.2) is 29.5 Å². The average Bonchev–Trinajstić information content (AvgIpc) is 2.17. The summed E-state index contributed by atoms with van der Waals surface area (Å²) < 4.78 is 15.8. The Morgan fingerprint density at radius 1 is 1.43 bits per heavy atom. The molecule has 76 valence electrons. The van der Waals surface area contributed by atoms with Gasteiger partial charge in [0.15, 0.2) is 5.75 Å². The number of carbonyl (C=O) groups is 1. The van der Waals surface area contributed by atoms with E-state index in [0.29, 0.717) is 11.3 Å². The smallest absolute Gasteiger partial charge is 0.211 e. The highest BCUT2D eigenvalue weighted by molar-refractivity contribution is 7.91. The quantitative estimate of drug-likeness (QED) is 0.557. The van der Waals surface area contributed by atoms with Gasteiger partial charge in [-0.05, 0) is 35.4 Å². The Labute approximate surface area is 86.3 Å². The number of hydrogen-bond acceptors (Lipinski definition) is 3. The van der Waals surface area contributed by atoms with E-state index in [-0.39, 0.29) is 11.5 Å². The van der Waals surface area contributed by atoms with Crippen LogP contribution in [0.15, 0.2) is 24.3 Å². The highest BCUT2D eigenvalue weighted by atomic mass is 32.2. The Balaban J connectivity index is 2.71. The minimum absolute atomic E-state index is 0.0757. The molecule has 0 radical (unpaired) electrons. The van der Waals surface area contributed by atoms with Crippen LogP contribution in [-0.2, 0) is 11.2 Å². The largest absolute Gasteiger partial charge is 0.616 e. The Morgan fingerprint density at radius 2 is 2.00 bits per heavy atom.